The molecule has 0 aliphatic heterocycles. The lowest BCUT2D eigenvalue weighted by Gasteiger charge is -2.19. The molecule has 0 saturated carbocycles. The number of carbonyl (C=O) groups is 2. The van der Waals surface area contributed by atoms with Gasteiger partial charge in [0.1, 0.15) is 12.4 Å². The second kappa shape index (κ2) is 13.9. The van der Waals surface area contributed by atoms with E-state index in [1.165, 1.54) is 6.21 Å². The molecule has 2 N–H and O–H groups in total. The van der Waals surface area contributed by atoms with Crippen molar-refractivity contribution >= 4 is 35.3 Å². The number of para-hydroxylation sites is 2. The Kier molecular flexibility index (Phi) is 9.39. The molecule has 0 saturated heterocycles. The summed E-state index contributed by atoms with van der Waals surface area (Å²) >= 11 is 6.25. The molecule has 2 amide bonds. The van der Waals surface area contributed by atoms with Crippen LogP contribution in [0, 0.1) is 0 Å². The van der Waals surface area contributed by atoms with Gasteiger partial charge in [-0.25, -0.2) is 5.43 Å². The molecule has 0 spiro atoms. The second-order valence-electron chi connectivity index (χ2n) is 9.41. The Hall–Kier alpha value is -5.20. The predicted molar refractivity (Wildman–Crippen MR) is 167 cm³/mol. The Morgan fingerprint density at radius 3 is 2.05 bits per heavy atom. The molecule has 0 radical (unpaired) electrons. The van der Waals surface area contributed by atoms with Gasteiger partial charge in [0.25, 0.3) is 5.91 Å². The van der Waals surface area contributed by atoms with E-state index < -0.39 is 11.8 Å². The van der Waals surface area contributed by atoms with Crippen LogP contribution >= 0.6 is 11.6 Å². The lowest BCUT2D eigenvalue weighted by atomic mass is 9.90. The smallest absolute Gasteiger partial charge is 0.273 e. The highest BCUT2D eigenvalue weighted by Gasteiger charge is 2.24. The molecule has 0 aromatic heterocycles. The second-order valence-corrected chi connectivity index (χ2v) is 9.81. The fraction of sp³-hybridized carbons (Fsp3) is 0.0571. The average Bonchev–Trinajstić information content (AvgIpc) is 3.02. The van der Waals surface area contributed by atoms with Gasteiger partial charge in [-0.1, -0.05) is 115 Å². The van der Waals surface area contributed by atoms with Crippen molar-refractivity contribution in [1.29, 1.82) is 0 Å². The van der Waals surface area contributed by atoms with E-state index in [2.05, 4.69) is 15.8 Å². The zero-order valence-corrected chi connectivity index (χ0v) is 23.4. The number of hydrogen-bond acceptors (Lipinski definition) is 4. The minimum absolute atomic E-state index is 0.249. The lowest BCUT2D eigenvalue weighted by molar-refractivity contribution is -0.116. The Morgan fingerprint density at radius 1 is 0.738 bits per heavy atom. The first-order valence-electron chi connectivity index (χ1n) is 13.4. The van der Waals surface area contributed by atoms with Gasteiger partial charge in [0, 0.05) is 16.1 Å². The van der Waals surface area contributed by atoms with Gasteiger partial charge in [0.2, 0.25) is 5.91 Å². The number of benzene rings is 5. The SMILES string of the molecule is O=C(N/N=C\c1ccccc1OCc1ccccc1Cl)c1ccccc1NC(=O)C(c1ccccc1)c1ccccc1. The summed E-state index contributed by atoms with van der Waals surface area (Å²) in [6.07, 6.45) is 1.52. The topological polar surface area (TPSA) is 79.8 Å². The molecular weight excluding hydrogens is 546 g/mol. The fourth-order valence-electron chi connectivity index (χ4n) is 4.49. The Morgan fingerprint density at radius 2 is 1.33 bits per heavy atom. The van der Waals surface area contributed by atoms with Crippen LogP contribution in [0.2, 0.25) is 5.02 Å². The highest BCUT2D eigenvalue weighted by atomic mass is 35.5. The van der Waals surface area contributed by atoms with E-state index in [9.17, 15) is 9.59 Å². The summed E-state index contributed by atoms with van der Waals surface area (Å²) < 4.78 is 5.97. The van der Waals surface area contributed by atoms with Crippen molar-refractivity contribution in [2.75, 3.05) is 5.32 Å². The molecule has 208 valence electrons. The Bertz CT molecular complexity index is 1650. The van der Waals surface area contributed by atoms with Crippen molar-refractivity contribution in [2.24, 2.45) is 5.10 Å². The maximum Gasteiger partial charge on any atom is 0.273 e. The van der Waals surface area contributed by atoms with Crippen molar-refractivity contribution in [3.63, 3.8) is 0 Å². The van der Waals surface area contributed by atoms with E-state index in [1.807, 2.05) is 109 Å². The zero-order chi connectivity index (χ0) is 29.1. The van der Waals surface area contributed by atoms with E-state index in [0.29, 0.717) is 22.0 Å². The number of carbonyl (C=O) groups excluding carboxylic acids is 2. The maximum absolute atomic E-state index is 13.6. The first kappa shape index (κ1) is 28.3. The summed E-state index contributed by atoms with van der Waals surface area (Å²) in [4.78, 5) is 26.8. The van der Waals surface area contributed by atoms with Crippen molar-refractivity contribution in [3.05, 3.63) is 166 Å². The first-order chi connectivity index (χ1) is 20.6. The van der Waals surface area contributed by atoms with E-state index >= 15 is 0 Å². The van der Waals surface area contributed by atoms with Crippen molar-refractivity contribution in [3.8, 4) is 5.75 Å². The van der Waals surface area contributed by atoms with Gasteiger partial charge in [-0.15, -0.1) is 0 Å². The van der Waals surface area contributed by atoms with Crippen molar-refractivity contribution in [1.82, 2.24) is 5.43 Å². The molecule has 5 rings (SSSR count). The van der Waals surface area contributed by atoms with Crippen LogP contribution in [0.5, 0.6) is 5.75 Å². The van der Waals surface area contributed by atoms with E-state index in [4.69, 9.17) is 16.3 Å². The normalized spacial score (nSPS) is 10.9. The number of hydrogen-bond donors (Lipinski definition) is 2. The third-order valence-electron chi connectivity index (χ3n) is 6.59. The molecule has 7 heteroatoms. The van der Waals surface area contributed by atoms with Crippen LogP contribution in [0.1, 0.15) is 38.5 Å². The predicted octanol–water partition coefficient (Wildman–Crippen LogP) is 7.45. The van der Waals surface area contributed by atoms with Crippen LogP contribution in [-0.4, -0.2) is 18.0 Å². The van der Waals surface area contributed by atoms with Crippen LogP contribution in [-0.2, 0) is 11.4 Å². The van der Waals surface area contributed by atoms with Gasteiger partial charge in [-0.05, 0) is 41.5 Å². The molecule has 0 aliphatic rings. The van der Waals surface area contributed by atoms with Gasteiger partial charge < -0.3 is 10.1 Å². The van der Waals surface area contributed by atoms with Gasteiger partial charge in [-0.2, -0.15) is 5.10 Å². The average molecular weight is 574 g/mol. The van der Waals surface area contributed by atoms with Crippen LogP contribution in [0.25, 0.3) is 0 Å². The third kappa shape index (κ3) is 7.11. The summed E-state index contributed by atoms with van der Waals surface area (Å²) in [5, 5.41) is 7.74. The van der Waals surface area contributed by atoms with Crippen LogP contribution in [0.15, 0.2) is 139 Å². The molecule has 0 heterocycles. The number of hydrazone groups is 1. The molecule has 0 atom stereocenters. The molecule has 42 heavy (non-hydrogen) atoms. The quantitative estimate of drug-likeness (QED) is 0.134. The largest absolute Gasteiger partial charge is 0.488 e. The number of ether oxygens (including phenoxy) is 1. The third-order valence-corrected chi connectivity index (χ3v) is 6.96. The number of anilines is 1. The maximum atomic E-state index is 13.6. The Balaban J connectivity index is 1.29. The molecule has 0 aliphatic carbocycles. The molecular formula is C35H28ClN3O3. The fourth-order valence-corrected chi connectivity index (χ4v) is 4.68. The monoisotopic (exact) mass is 573 g/mol. The minimum Gasteiger partial charge on any atom is -0.488 e. The van der Waals surface area contributed by atoms with Gasteiger partial charge >= 0.3 is 0 Å². The molecule has 5 aromatic carbocycles. The summed E-state index contributed by atoms with van der Waals surface area (Å²) in [5.74, 6) is -0.673. The standard InChI is InChI=1S/C35H28ClN3O3/c36-30-20-10-7-18-28(30)24-42-32-22-12-8-17-27(32)23-37-39-34(40)29-19-9-11-21-31(29)38-35(41)33(25-13-3-1-4-14-25)26-15-5-2-6-16-26/h1-23,33H,24H2,(H,38,41)(H,39,40)/b37-23-. The summed E-state index contributed by atoms with van der Waals surface area (Å²) in [6.45, 7) is 0.289. The minimum atomic E-state index is -0.552. The van der Waals surface area contributed by atoms with Gasteiger partial charge in [0.05, 0.1) is 23.4 Å². The zero-order valence-electron chi connectivity index (χ0n) is 22.6. The Labute approximate surface area is 249 Å². The molecule has 5 aromatic rings. The summed E-state index contributed by atoms with van der Waals surface area (Å²) in [6, 6.07) is 40.8. The first-order valence-corrected chi connectivity index (χ1v) is 13.8. The summed E-state index contributed by atoms with van der Waals surface area (Å²) in [5.41, 5.74) is 6.48. The molecule has 0 unspecified atom stereocenters. The van der Waals surface area contributed by atoms with E-state index in [1.54, 1.807) is 24.3 Å². The van der Waals surface area contributed by atoms with E-state index in [-0.39, 0.29) is 18.1 Å². The highest BCUT2D eigenvalue weighted by molar-refractivity contribution is 6.31. The number of halogens is 1. The van der Waals surface area contributed by atoms with Crippen LogP contribution < -0.4 is 15.5 Å². The van der Waals surface area contributed by atoms with Gasteiger partial charge in [0.15, 0.2) is 0 Å². The lowest BCUT2D eigenvalue weighted by Crippen LogP contribution is -2.25. The summed E-state index contributed by atoms with van der Waals surface area (Å²) in [7, 11) is 0. The number of nitrogens with zero attached hydrogens (tertiary/aromatic N) is 1. The van der Waals surface area contributed by atoms with Crippen molar-refractivity contribution in [2.45, 2.75) is 12.5 Å². The molecule has 0 bridgehead atoms. The molecule has 6 nitrogen and oxygen atoms in total. The van der Waals surface area contributed by atoms with Crippen LogP contribution in [0.4, 0.5) is 5.69 Å². The van der Waals surface area contributed by atoms with Gasteiger partial charge in [-0.3, -0.25) is 9.59 Å². The number of amides is 2. The molecule has 0 fully saturated rings. The number of rotatable bonds is 10. The van der Waals surface area contributed by atoms with E-state index in [0.717, 1.165) is 16.7 Å². The van der Waals surface area contributed by atoms with Crippen molar-refractivity contribution < 1.29 is 14.3 Å². The highest BCUT2D eigenvalue weighted by Crippen LogP contribution is 2.27. The van der Waals surface area contributed by atoms with Crippen LogP contribution in [0.3, 0.4) is 0 Å². The number of nitrogens with one attached hydrogen (secondary N) is 2.